The number of rotatable bonds is 8. The topological polar surface area (TPSA) is 108 Å². The number of benzene rings is 2. The molecule has 190 valence electrons. The van der Waals surface area contributed by atoms with Crippen LogP contribution in [0.2, 0.25) is 0 Å². The van der Waals surface area contributed by atoms with Crippen molar-refractivity contribution in [3.8, 4) is 5.75 Å². The van der Waals surface area contributed by atoms with Crippen LogP contribution in [0, 0.1) is 0 Å². The highest BCUT2D eigenvalue weighted by molar-refractivity contribution is 7.89. The molecular weight excluding hydrogens is 508 g/mol. The van der Waals surface area contributed by atoms with Gasteiger partial charge in [-0.15, -0.1) is 0 Å². The van der Waals surface area contributed by atoms with Crippen molar-refractivity contribution in [1.29, 1.82) is 0 Å². The first-order chi connectivity index (χ1) is 16.7. The summed E-state index contributed by atoms with van der Waals surface area (Å²) in [5.41, 5.74) is 1.30. The maximum atomic E-state index is 12.9. The van der Waals surface area contributed by atoms with Crippen molar-refractivity contribution in [1.82, 2.24) is 13.9 Å². The predicted molar refractivity (Wildman–Crippen MR) is 138 cm³/mol. The van der Waals surface area contributed by atoms with Crippen molar-refractivity contribution in [3.05, 3.63) is 48.0 Å². The van der Waals surface area contributed by atoms with E-state index < -0.39 is 20.0 Å². The molecule has 0 radical (unpaired) electrons. The Morgan fingerprint density at radius 3 is 1.91 bits per heavy atom. The van der Waals surface area contributed by atoms with E-state index in [0.29, 0.717) is 44.2 Å². The molecule has 4 rings (SSSR count). The third-order valence-electron chi connectivity index (χ3n) is 6.20. The molecule has 2 aliphatic heterocycles. The van der Waals surface area contributed by atoms with Gasteiger partial charge in [-0.3, -0.25) is 0 Å². The van der Waals surface area contributed by atoms with Crippen LogP contribution in [-0.4, -0.2) is 63.8 Å². The summed E-state index contributed by atoms with van der Waals surface area (Å²) >= 11 is 5.40. The van der Waals surface area contributed by atoms with Crippen LogP contribution in [0.5, 0.6) is 5.75 Å². The summed E-state index contributed by atoms with van der Waals surface area (Å²) in [6.45, 7) is 2.54. The maximum Gasteiger partial charge on any atom is 0.243 e. The Bertz CT molecular complexity index is 1270. The van der Waals surface area contributed by atoms with E-state index in [1.165, 1.54) is 27.9 Å². The first-order valence-corrected chi connectivity index (χ1v) is 14.8. The number of nitrogens with one attached hydrogen (secondary N) is 2. The molecule has 0 bridgehead atoms. The largest absolute Gasteiger partial charge is 0.495 e. The first kappa shape index (κ1) is 25.8. The Balaban J connectivity index is 1.40. The molecule has 0 atom stereocenters. The number of ether oxygens (including phenoxy) is 1. The molecule has 2 aromatic carbocycles. The number of hydrogen-bond acceptors (Lipinski definition) is 6. The molecule has 35 heavy (non-hydrogen) atoms. The van der Waals surface area contributed by atoms with Gasteiger partial charge in [0.2, 0.25) is 20.0 Å². The second-order valence-corrected chi connectivity index (χ2v) is 12.8. The Morgan fingerprint density at radius 2 is 1.37 bits per heavy atom. The summed E-state index contributed by atoms with van der Waals surface area (Å²) in [6, 6.07) is 11.4. The molecule has 0 unspecified atom stereocenters. The number of anilines is 1. The highest BCUT2D eigenvalue weighted by Crippen LogP contribution is 2.30. The van der Waals surface area contributed by atoms with E-state index in [1.54, 1.807) is 30.3 Å². The van der Waals surface area contributed by atoms with Gasteiger partial charge in [-0.05, 0) is 73.8 Å². The van der Waals surface area contributed by atoms with E-state index in [-0.39, 0.29) is 14.9 Å². The molecule has 9 nitrogen and oxygen atoms in total. The van der Waals surface area contributed by atoms with Crippen LogP contribution in [-0.2, 0) is 26.6 Å². The van der Waals surface area contributed by atoms with Gasteiger partial charge < -0.3 is 15.4 Å². The zero-order chi connectivity index (χ0) is 25.1. The number of thiocarbonyl (C=S) groups is 1. The average molecular weight is 539 g/mol. The van der Waals surface area contributed by atoms with Gasteiger partial charge in [0.15, 0.2) is 5.11 Å². The molecule has 2 aliphatic rings. The SMILES string of the molecule is COc1ccc(S(=O)(=O)N2CCCC2)cc1NC(=S)NCc1ccc(S(=O)(=O)N2CCCC2)cc1. The predicted octanol–water partition coefficient (Wildman–Crippen LogP) is 2.75. The number of nitrogens with zero attached hydrogens (tertiary/aromatic N) is 2. The van der Waals surface area contributed by atoms with Gasteiger partial charge in [-0.1, -0.05) is 12.1 Å². The maximum absolute atomic E-state index is 12.9. The molecule has 0 spiro atoms. The summed E-state index contributed by atoms with van der Waals surface area (Å²) in [5, 5.41) is 6.37. The fraction of sp³-hybridized carbons (Fsp3) is 0.435. The Morgan fingerprint density at radius 1 is 0.857 bits per heavy atom. The molecule has 0 aromatic heterocycles. The lowest BCUT2D eigenvalue weighted by molar-refractivity contribution is 0.416. The number of methoxy groups -OCH3 is 1. The smallest absolute Gasteiger partial charge is 0.243 e. The van der Waals surface area contributed by atoms with Crippen molar-refractivity contribution in [2.45, 2.75) is 42.0 Å². The summed E-state index contributed by atoms with van der Waals surface area (Å²) in [7, 11) is -5.52. The second-order valence-electron chi connectivity index (χ2n) is 8.54. The Kier molecular flexibility index (Phi) is 7.96. The molecule has 0 amide bonds. The van der Waals surface area contributed by atoms with Crippen LogP contribution in [0.4, 0.5) is 5.69 Å². The van der Waals surface area contributed by atoms with Crippen LogP contribution in [0.15, 0.2) is 52.3 Å². The monoisotopic (exact) mass is 538 g/mol. The van der Waals surface area contributed by atoms with E-state index in [1.807, 2.05) is 0 Å². The summed E-state index contributed by atoms with van der Waals surface area (Å²) < 4.78 is 59.6. The minimum Gasteiger partial charge on any atom is -0.495 e. The molecular formula is C23H30N4O5S3. The molecule has 2 N–H and O–H groups in total. The molecule has 0 saturated carbocycles. The van der Waals surface area contributed by atoms with E-state index >= 15 is 0 Å². The van der Waals surface area contributed by atoms with Crippen molar-refractivity contribution < 1.29 is 21.6 Å². The zero-order valence-corrected chi connectivity index (χ0v) is 22.0. The van der Waals surface area contributed by atoms with Crippen LogP contribution in [0.3, 0.4) is 0 Å². The van der Waals surface area contributed by atoms with Gasteiger partial charge in [0.05, 0.1) is 22.6 Å². The minimum absolute atomic E-state index is 0.181. The standard InChI is InChI=1S/C23H30N4O5S3/c1-32-22-11-10-20(35(30,31)27-14-4-5-15-27)16-21(22)25-23(33)24-17-18-6-8-19(9-7-18)34(28,29)26-12-2-3-13-26/h6-11,16H,2-5,12-15,17H2,1H3,(H2,24,25,33). The van der Waals surface area contributed by atoms with Gasteiger partial charge in [-0.25, -0.2) is 16.8 Å². The third kappa shape index (κ3) is 5.78. The lowest BCUT2D eigenvalue weighted by Gasteiger charge is -2.18. The molecule has 0 aliphatic carbocycles. The summed E-state index contributed by atoms with van der Waals surface area (Å²) in [6.07, 6.45) is 3.51. The van der Waals surface area contributed by atoms with Gasteiger partial charge in [0, 0.05) is 32.7 Å². The lowest BCUT2D eigenvalue weighted by Crippen LogP contribution is -2.29. The van der Waals surface area contributed by atoms with E-state index in [2.05, 4.69) is 10.6 Å². The lowest BCUT2D eigenvalue weighted by atomic mass is 10.2. The van der Waals surface area contributed by atoms with Crippen LogP contribution < -0.4 is 15.4 Å². The van der Waals surface area contributed by atoms with E-state index in [4.69, 9.17) is 17.0 Å². The third-order valence-corrected chi connectivity index (χ3v) is 10.3. The van der Waals surface area contributed by atoms with Crippen LogP contribution >= 0.6 is 12.2 Å². The average Bonchev–Trinajstić information content (AvgIpc) is 3.58. The van der Waals surface area contributed by atoms with Crippen molar-refractivity contribution in [2.75, 3.05) is 38.6 Å². The fourth-order valence-electron chi connectivity index (χ4n) is 4.23. The van der Waals surface area contributed by atoms with E-state index in [0.717, 1.165) is 31.2 Å². The zero-order valence-electron chi connectivity index (χ0n) is 19.6. The van der Waals surface area contributed by atoms with Gasteiger partial charge in [0.1, 0.15) is 5.75 Å². The minimum atomic E-state index is -3.58. The van der Waals surface area contributed by atoms with Crippen molar-refractivity contribution >= 4 is 43.1 Å². The highest BCUT2D eigenvalue weighted by Gasteiger charge is 2.28. The van der Waals surface area contributed by atoms with Crippen LogP contribution in [0.1, 0.15) is 31.2 Å². The first-order valence-electron chi connectivity index (χ1n) is 11.5. The second kappa shape index (κ2) is 10.8. The molecule has 12 heteroatoms. The number of sulfonamides is 2. The fourth-order valence-corrected chi connectivity index (χ4v) is 7.47. The molecule has 2 heterocycles. The van der Waals surface area contributed by atoms with Gasteiger partial charge in [-0.2, -0.15) is 8.61 Å². The van der Waals surface area contributed by atoms with Gasteiger partial charge >= 0.3 is 0 Å². The summed E-state index contributed by atoms with van der Waals surface area (Å²) in [5.74, 6) is 0.464. The normalized spacial score (nSPS) is 17.4. The summed E-state index contributed by atoms with van der Waals surface area (Å²) in [4.78, 5) is 0.463. The van der Waals surface area contributed by atoms with Crippen molar-refractivity contribution in [3.63, 3.8) is 0 Å². The van der Waals surface area contributed by atoms with Gasteiger partial charge in [0.25, 0.3) is 0 Å². The van der Waals surface area contributed by atoms with Crippen LogP contribution in [0.25, 0.3) is 0 Å². The highest BCUT2D eigenvalue weighted by atomic mass is 32.2. The van der Waals surface area contributed by atoms with Crippen molar-refractivity contribution in [2.24, 2.45) is 0 Å². The molecule has 2 saturated heterocycles. The Hall–Kier alpha value is -2.25. The van der Waals surface area contributed by atoms with E-state index in [9.17, 15) is 16.8 Å². The Labute approximate surface area is 212 Å². The number of hydrogen-bond donors (Lipinski definition) is 2. The quantitative estimate of drug-likeness (QED) is 0.494. The molecule has 2 aromatic rings. The molecule has 2 fully saturated rings.